The van der Waals surface area contributed by atoms with Gasteiger partial charge in [0.15, 0.2) is 0 Å². The van der Waals surface area contributed by atoms with Crippen LogP contribution in [0.3, 0.4) is 0 Å². The lowest BCUT2D eigenvalue weighted by molar-refractivity contribution is -0.122. The first-order valence-electron chi connectivity index (χ1n) is 10.0. The molecule has 0 rings (SSSR count). The zero-order valence-corrected chi connectivity index (χ0v) is 19.1. The van der Waals surface area contributed by atoms with Gasteiger partial charge in [-0.2, -0.15) is 0 Å². The van der Waals surface area contributed by atoms with E-state index >= 15 is 0 Å². The summed E-state index contributed by atoms with van der Waals surface area (Å²) < 4.78 is 10.5. The third kappa shape index (κ3) is 23.1. The van der Waals surface area contributed by atoms with Gasteiger partial charge in [0, 0.05) is 44.9 Å². The lowest BCUT2D eigenvalue weighted by atomic mass is 10.2. The Morgan fingerprint density at radius 2 is 1.79 bits per heavy atom. The van der Waals surface area contributed by atoms with Crippen LogP contribution in [0.1, 0.15) is 47.0 Å². The summed E-state index contributed by atoms with van der Waals surface area (Å²) in [6.07, 6.45) is 2.44. The predicted octanol–water partition coefficient (Wildman–Crippen LogP) is 2.08. The van der Waals surface area contributed by atoms with E-state index in [1.807, 2.05) is 7.05 Å². The van der Waals surface area contributed by atoms with Gasteiger partial charge in [-0.1, -0.05) is 20.8 Å². The maximum absolute atomic E-state index is 11.9. The van der Waals surface area contributed by atoms with E-state index in [1.54, 1.807) is 0 Å². The van der Waals surface area contributed by atoms with Crippen molar-refractivity contribution in [2.75, 3.05) is 52.3 Å². The first kappa shape index (κ1) is 29.2. The molecule has 0 saturated heterocycles. The highest BCUT2D eigenvalue weighted by atomic mass is 32.2. The Hall–Kier alpha value is -0.960. The van der Waals surface area contributed by atoms with Gasteiger partial charge in [-0.05, 0) is 26.3 Å². The number of ether oxygens (including phenoxy) is 2. The molecule has 0 fully saturated rings. The van der Waals surface area contributed by atoms with Crippen molar-refractivity contribution in [3.63, 3.8) is 0 Å². The Morgan fingerprint density at radius 3 is 2.32 bits per heavy atom. The molecule has 0 saturated carbocycles. The van der Waals surface area contributed by atoms with Crippen LogP contribution in [0.4, 0.5) is 0 Å². The van der Waals surface area contributed by atoms with E-state index in [9.17, 15) is 14.4 Å². The first-order valence-corrected chi connectivity index (χ1v) is 11.1. The third-order valence-corrected chi connectivity index (χ3v) is 4.47. The highest BCUT2D eigenvalue weighted by Crippen LogP contribution is 2.15. The number of likely N-dealkylation sites (N-methyl/N-ethyl adjacent to an activating group) is 1. The highest BCUT2D eigenvalue weighted by molar-refractivity contribution is 8.00. The molecule has 28 heavy (non-hydrogen) atoms. The molecule has 0 aliphatic rings. The molecule has 7 nitrogen and oxygen atoms in total. The van der Waals surface area contributed by atoms with Gasteiger partial charge in [-0.15, -0.1) is 11.8 Å². The quantitative estimate of drug-likeness (QED) is 0.275. The second-order valence-corrected chi connectivity index (χ2v) is 8.00. The number of carbonyl (C=O) groups excluding carboxylic acids is 3. The molecule has 0 bridgehead atoms. The summed E-state index contributed by atoms with van der Waals surface area (Å²) in [5.74, 6) is 0.949. The zero-order chi connectivity index (χ0) is 21.6. The van der Waals surface area contributed by atoms with E-state index in [1.165, 1.54) is 18.7 Å². The monoisotopic (exact) mass is 420 g/mol. The van der Waals surface area contributed by atoms with E-state index in [0.29, 0.717) is 37.9 Å². The van der Waals surface area contributed by atoms with Crippen molar-refractivity contribution in [1.29, 1.82) is 0 Å². The Kier molecular flexibility index (Phi) is 23.3. The normalized spacial score (nSPS) is 11.5. The summed E-state index contributed by atoms with van der Waals surface area (Å²) in [5.41, 5.74) is 0. The third-order valence-electron chi connectivity index (χ3n) is 3.22. The Morgan fingerprint density at radius 1 is 1.11 bits per heavy atom. The van der Waals surface area contributed by atoms with Gasteiger partial charge in [-0.25, -0.2) is 0 Å². The molecule has 0 aromatic carbocycles. The molecule has 0 spiro atoms. The molecule has 0 aromatic rings. The van der Waals surface area contributed by atoms with Crippen LogP contribution in [0.25, 0.3) is 0 Å². The van der Waals surface area contributed by atoms with Crippen LogP contribution in [-0.4, -0.2) is 75.5 Å². The van der Waals surface area contributed by atoms with Gasteiger partial charge in [0.25, 0.3) is 0 Å². The lowest BCUT2D eigenvalue weighted by Crippen LogP contribution is -2.35. The molecule has 166 valence electrons. The van der Waals surface area contributed by atoms with Crippen LogP contribution >= 0.6 is 11.8 Å². The molecule has 0 radical (unpaired) electrons. The summed E-state index contributed by atoms with van der Waals surface area (Å²) in [6.45, 7) is 12.0. The van der Waals surface area contributed by atoms with Crippen molar-refractivity contribution in [3.05, 3.63) is 0 Å². The number of thioether (sulfide) groups is 1. The van der Waals surface area contributed by atoms with Crippen LogP contribution in [0.2, 0.25) is 0 Å². The Bertz CT molecular complexity index is 389. The largest absolute Gasteiger partial charge is 0.380 e. The Labute approximate surface area is 175 Å². The minimum Gasteiger partial charge on any atom is -0.380 e. The number of aldehydes is 1. The van der Waals surface area contributed by atoms with Crippen LogP contribution in [0, 0.1) is 5.92 Å². The fourth-order valence-electron chi connectivity index (χ4n) is 1.78. The highest BCUT2D eigenvalue weighted by Gasteiger charge is 2.18. The Balaban J connectivity index is 0. The van der Waals surface area contributed by atoms with Crippen molar-refractivity contribution < 1.29 is 23.9 Å². The number of carbonyl (C=O) groups is 3. The summed E-state index contributed by atoms with van der Waals surface area (Å²) in [6, 6.07) is 0. The number of hydrogen-bond acceptors (Lipinski definition) is 7. The van der Waals surface area contributed by atoms with Crippen LogP contribution < -0.4 is 10.6 Å². The van der Waals surface area contributed by atoms with Gasteiger partial charge in [0.1, 0.15) is 12.1 Å². The minimum atomic E-state index is -0.419. The number of ketones is 1. The van der Waals surface area contributed by atoms with Crippen molar-refractivity contribution in [3.8, 4) is 0 Å². The summed E-state index contributed by atoms with van der Waals surface area (Å²) in [5, 5.41) is 5.33. The zero-order valence-electron chi connectivity index (χ0n) is 18.3. The topological polar surface area (TPSA) is 93.7 Å². The van der Waals surface area contributed by atoms with Crippen molar-refractivity contribution in [1.82, 2.24) is 10.6 Å². The van der Waals surface area contributed by atoms with E-state index in [2.05, 4.69) is 31.4 Å². The summed E-state index contributed by atoms with van der Waals surface area (Å²) in [4.78, 5) is 33.3. The fourth-order valence-corrected chi connectivity index (χ4v) is 2.92. The molecular formula is C20H40N2O5S. The minimum absolute atomic E-state index is 0.0878. The summed E-state index contributed by atoms with van der Waals surface area (Å²) in [7, 11) is 1.93. The summed E-state index contributed by atoms with van der Waals surface area (Å²) >= 11 is 1.35. The smallest absolute Gasteiger partial charge is 0.233 e. The van der Waals surface area contributed by atoms with Crippen molar-refractivity contribution in [2.24, 2.45) is 5.92 Å². The van der Waals surface area contributed by atoms with Crippen LogP contribution in [0.15, 0.2) is 0 Å². The van der Waals surface area contributed by atoms with Crippen LogP contribution in [0.5, 0.6) is 0 Å². The second kappa shape index (κ2) is 22.3. The number of hydrogen-bond donors (Lipinski definition) is 2. The molecule has 0 aliphatic heterocycles. The number of amides is 1. The van der Waals surface area contributed by atoms with E-state index in [0.717, 1.165) is 32.5 Å². The maximum Gasteiger partial charge on any atom is 0.233 e. The van der Waals surface area contributed by atoms with E-state index in [4.69, 9.17) is 9.47 Å². The molecule has 0 heterocycles. The van der Waals surface area contributed by atoms with Gasteiger partial charge < -0.3 is 24.9 Å². The SMILES string of the molecule is CC(=O)CCSC(CC=O)C(=O)NCCOCC(C)C.CCCOCCNC. The first-order chi connectivity index (χ1) is 13.4. The van der Waals surface area contributed by atoms with Crippen molar-refractivity contribution >= 4 is 29.7 Å². The molecule has 2 N–H and O–H groups in total. The van der Waals surface area contributed by atoms with Gasteiger partial charge in [0.2, 0.25) is 5.91 Å². The molecule has 1 atom stereocenters. The van der Waals surface area contributed by atoms with E-state index in [-0.39, 0.29) is 18.1 Å². The lowest BCUT2D eigenvalue weighted by Gasteiger charge is -2.14. The molecule has 8 heteroatoms. The van der Waals surface area contributed by atoms with E-state index < -0.39 is 5.25 Å². The molecule has 1 unspecified atom stereocenters. The predicted molar refractivity (Wildman–Crippen MR) is 116 cm³/mol. The standard InChI is InChI=1S/C14H25NO4S.C6H15NO/c1-11(2)10-19-8-6-15-14(18)13(4-7-16)20-9-5-12(3)17;1-3-5-8-6-4-7-2/h7,11,13H,4-6,8-10H2,1-3H3,(H,15,18);7H,3-6H2,1-2H3. The molecule has 1 amide bonds. The average Bonchev–Trinajstić information content (AvgIpc) is 2.64. The maximum atomic E-state index is 11.9. The number of rotatable bonds is 17. The molecule has 0 aliphatic carbocycles. The van der Waals surface area contributed by atoms with Crippen molar-refractivity contribution in [2.45, 2.75) is 52.2 Å². The van der Waals surface area contributed by atoms with Gasteiger partial charge in [-0.3, -0.25) is 9.59 Å². The van der Waals surface area contributed by atoms with Crippen LogP contribution in [-0.2, 0) is 23.9 Å². The molecular weight excluding hydrogens is 380 g/mol. The van der Waals surface area contributed by atoms with Gasteiger partial charge >= 0.3 is 0 Å². The molecule has 0 aromatic heterocycles. The number of nitrogens with one attached hydrogen (secondary N) is 2. The second-order valence-electron chi connectivity index (χ2n) is 6.69. The van der Waals surface area contributed by atoms with Gasteiger partial charge in [0.05, 0.1) is 18.5 Å². The average molecular weight is 421 g/mol. The number of Topliss-reactive ketones (excluding diaryl/α,β-unsaturated/α-hetero) is 1. The fraction of sp³-hybridized carbons (Fsp3) is 0.850.